The summed E-state index contributed by atoms with van der Waals surface area (Å²) in [7, 11) is 0. The van der Waals surface area contributed by atoms with E-state index in [1.165, 1.54) is 11.1 Å². The monoisotopic (exact) mass is 402 g/mol. The lowest BCUT2D eigenvalue weighted by molar-refractivity contribution is 0.364. The van der Waals surface area contributed by atoms with Crippen LogP contribution in [0.3, 0.4) is 0 Å². The summed E-state index contributed by atoms with van der Waals surface area (Å²) >= 11 is 0. The highest BCUT2D eigenvalue weighted by Gasteiger charge is 2.44. The van der Waals surface area contributed by atoms with Crippen molar-refractivity contribution in [1.82, 2.24) is 0 Å². The van der Waals surface area contributed by atoms with Gasteiger partial charge in [0.1, 0.15) is 17.2 Å². The van der Waals surface area contributed by atoms with Gasteiger partial charge in [0.25, 0.3) is 0 Å². The molecule has 0 radical (unpaired) electrons. The first-order valence-electron chi connectivity index (χ1n) is 10.5. The molecule has 2 atom stereocenters. The normalized spacial score (nSPS) is 23.2. The Morgan fingerprint density at radius 3 is 1.40 bits per heavy atom. The molecule has 0 amide bonds. The molecule has 4 rings (SSSR count). The molecule has 0 heterocycles. The Hall–Kier alpha value is -2.94. The molecule has 0 fully saturated rings. The number of aromatic hydroxyl groups is 3. The average molecular weight is 403 g/mol. The van der Waals surface area contributed by atoms with Gasteiger partial charge in [0.2, 0.25) is 0 Å². The van der Waals surface area contributed by atoms with Crippen molar-refractivity contribution >= 4 is 0 Å². The number of hydrogen-bond donors (Lipinski definition) is 3. The number of fused-ring (bicyclic) bond motifs is 1. The van der Waals surface area contributed by atoms with Gasteiger partial charge in [-0.25, -0.2) is 0 Å². The fourth-order valence-electron chi connectivity index (χ4n) is 4.98. The summed E-state index contributed by atoms with van der Waals surface area (Å²) < 4.78 is 0. The van der Waals surface area contributed by atoms with Crippen LogP contribution < -0.4 is 0 Å². The lowest BCUT2D eigenvalue weighted by Gasteiger charge is -2.46. The number of aryl methyl sites for hydroxylation is 3. The third-order valence-electron chi connectivity index (χ3n) is 7.32. The van der Waals surface area contributed by atoms with Gasteiger partial charge in [-0.05, 0) is 90.8 Å². The van der Waals surface area contributed by atoms with E-state index in [1.807, 2.05) is 39.0 Å². The largest absolute Gasteiger partial charge is 0.508 e. The summed E-state index contributed by atoms with van der Waals surface area (Å²) in [4.78, 5) is 0. The number of benzene rings is 3. The van der Waals surface area contributed by atoms with Crippen molar-refractivity contribution in [1.29, 1.82) is 0 Å². The van der Waals surface area contributed by atoms with Crippen LogP contribution in [-0.2, 0) is 10.8 Å². The van der Waals surface area contributed by atoms with Crippen LogP contribution >= 0.6 is 0 Å². The molecule has 0 spiro atoms. The fraction of sp³-hybridized carbons (Fsp3) is 0.333. The lowest BCUT2D eigenvalue weighted by atomic mass is 9.57. The highest BCUT2D eigenvalue weighted by Crippen LogP contribution is 2.53. The van der Waals surface area contributed by atoms with E-state index < -0.39 is 0 Å². The third kappa shape index (κ3) is 2.96. The first-order chi connectivity index (χ1) is 14.1. The van der Waals surface area contributed by atoms with Crippen LogP contribution in [-0.4, -0.2) is 15.3 Å². The first kappa shape index (κ1) is 20.3. The molecule has 3 nitrogen and oxygen atoms in total. The minimum atomic E-state index is -0.273. The molecule has 3 aromatic rings. The maximum absolute atomic E-state index is 10.6. The Bertz CT molecular complexity index is 1060. The van der Waals surface area contributed by atoms with E-state index in [1.54, 1.807) is 12.1 Å². The van der Waals surface area contributed by atoms with Crippen LogP contribution in [0.5, 0.6) is 17.2 Å². The number of phenolic OH excluding ortho intramolecular Hbond substituents is 3. The van der Waals surface area contributed by atoms with Crippen molar-refractivity contribution in [2.45, 2.75) is 58.3 Å². The zero-order valence-corrected chi connectivity index (χ0v) is 18.4. The molecule has 156 valence electrons. The molecule has 0 bridgehead atoms. The first-order valence-corrected chi connectivity index (χ1v) is 10.5. The van der Waals surface area contributed by atoms with Crippen LogP contribution in [0.4, 0.5) is 0 Å². The van der Waals surface area contributed by atoms with Crippen LogP contribution in [0.25, 0.3) is 0 Å². The Labute approximate surface area is 178 Å². The number of rotatable bonds is 2. The molecule has 1 aliphatic rings. The summed E-state index contributed by atoms with van der Waals surface area (Å²) in [5.41, 5.74) is 6.74. The number of hydrogen-bond acceptors (Lipinski definition) is 3. The average Bonchev–Trinajstić information content (AvgIpc) is 2.71. The molecule has 3 heteroatoms. The minimum absolute atomic E-state index is 0.224. The van der Waals surface area contributed by atoms with Crippen molar-refractivity contribution in [3.63, 3.8) is 0 Å². The van der Waals surface area contributed by atoms with E-state index in [9.17, 15) is 15.3 Å². The number of phenols is 3. The van der Waals surface area contributed by atoms with Gasteiger partial charge in [-0.3, -0.25) is 0 Å². The van der Waals surface area contributed by atoms with E-state index in [-0.39, 0.29) is 10.8 Å². The Balaban J connectivity index is 1.96. The van der Waals surface area contributed by atoms with Crippen LogP contribution in [0.1, 0.15) is 65.6 Å². The fourth-order valence-corrected chi connectivity index (χ4v) is 4.98. The van der Waals surface area contributed by atoms with E-state index in [0.717, 1.165) is 40.7 Å². The highest BCUT2D eigenvalue weighted by atomic mass is 16.3. The van der Waals surface area contributed by atoms with Crippen LogP contribution in [0.15, 0.2) is 48.5 Å². The summed E-state index contributed by atoms with van der Waals surface area (Å²) in [6.07, 6.45) is 1.84. The Morgan fingerprint density at radius 1 is 0.567 bits per heavy atom. The van der Waals surface area contributed by atoms with Crippen molar-refractivity contribution in [3.8, 4) is 17.2 Å². The summed E-state index contributed by atoms with van der Waals surface area (Å²) in [6.45, 7) is 10.3. The molecule has 0 aromatic heterocycles. The summed E-state index contributed by atoms with van der Waals surface area (Å²) in [5.74, 6) is 0.917. The highest BCUT2D eigenvalue weighted by molar-refractivity contribution is 5.58. The second-order valence-corrected chi connectivity index (χ2v) is 9.35. The molecule has 0 saturated heterocycles. The quantitative estimate of drug-likeness (QED) is 0.483. The molecule has 30 heavy (non-hydrogen) atoms. The van der Waals surface area contributed by atoms with E-state index >= 15 is 0 Å². The topological polar surface area (TPSA) is 60.7 Å². The van der Waals surface area contributed by atoms with Gasteiger partial charge in [-0.1, -0.05) is 44.2 Å². The SMILES string of the molecule is Cc1cc([C@@]2(C)CC[C@](C)(c3ccc(O)c(C)c3)c3cc(O)c(C)cc32)ccc1O. The van der Waals surface area contributed by atoms with Gasteiger partial charge in [-0.15, -0.1) is 0 Å². The van der Waals surface area contributed by atoms with E-state index in [4.69, 9.17) is 0 Å². The van der Waals surface area contributed by atoms with Gasteiger partial charge >= 0.3 is 0 Å². The molecule has 0 unspecified atom stereocenters. The van der Waals surface area contributed by atoms with Gasteiger partial charge in [0.05, 0.1) is 0 Å². The third-order valence-corrected chi connectivity index (χ3v) is 7.32. The Morgan fingerprint density at radius 2 is 0.967 bits per heavy atom. The predicted molar refractivity (Wildman–Crippen MR) is 121 cm³/mol. The van der Waals surface area contributed by atoms with E-state index in [2.05, 4.69) is 32.0 Å². The van der Waals surface area contributed by atoms with Gasteiger partial charge < -0.3 is 15.3 Å². The lowest BCUT2D eigenvalue weighted by Crippen LogP contribution is -2.39. The van der Waals surface area contributed by atoms with E-state index in [0.29, 0.717) is 17.2 Å². The van der Waals surface area contributed by atoms with Gasteiger partial charge in [-0.2, -0.15) is 0 Å². The molecule has 0 aliphatic heterocycles. The van der Waals surface area contributed by atoms with Crippen LogP contribution in [0, 0.1) is 20.8 Å². The van der Waals surface area contributed by atoms with Gasteiger partial charge in [0, 0.05) is 10.8 Å². The minimum Gasteiger partial charge on any atom is -0.508 e. The zero-order valence-electron chi connectivity index (χ0n) is 18.4. The molecule has 3 N–H and O–H groups in total. The van der Waals surface area contributed by atoms with Crippen molar-refractivity contribution in [3.05, 3.63) is 87.5 Å². The molecule has 0 saturated carbocycles. The second-order valence-electron chi connectivity index (χ2n) is 9.35. The zero-order chi connectivity index (χ0) is 21.8. The van der Waals surface area contributed by atoms with Crippen molar-refractivity contribution < 1.29 is 15.3 Å². The smallest absolute Gasteiger partial charge is 0.118 e. The summed E-state index contributed by atoms with van der Waals surface area (Å²) in [5, 5.41) is 30.7. The Kier molecular flexibility index (Phi) is 4.61. The van der Waals surface area contributed by atoms with Crippen LogP contribution in [0.2, 0.25) is 0 Å². The maximum atomic E-state index is 10.6. The predicted octanol–water partition coefficient (Wildman–Crippen LogP) is 6.13. The molecular weight excluding hydrogens is 372 g/mol. The van der Waals surface area contributed by atoms with Crippen molar-refractivity contribution in [2.75, 3.05) is 0 Å². The molecule has 1 aliphatic carbocycles. The van der Waals surface area contributed by atoms with Crippen molar-refractivity contribution in [2.24, 2.45) is 0 Å². The van der Waals surface area contributed by atoms with Gasteiger partial charge in [0.15, 0.2) is 0 Å². The molecule has 3 aromatic carbocycles. The maximum Gasteiger partial charge on any atom is 0.118 e. The second kappa shape index (κ2) is 6.80. The molecular formula is C27H30O3. The summed E-state index contributed by atoms with van der Waals surface area (Å²) in [6, 6.07) is 15.7. The standard InChI is InChI=1S/C27H30O3/c1-16-12-19(6-8-23(16)28)26(4)10-11-27(5,20-7-9-24(29)17(2)13-20)22-15-25(30)18(3)14-21(22)26/h6-9,12-15,28-30H,10-11H2,1-5H3/t26-,27-/m1/s1.